The van der Waals surface area contributed by atoms with Crippen molar-refractivity contribution in [1.29, 1.82) is 0 Å². The maximum Gasteiger partial charge on any atom is 0.245 e. The molecule has 2 aromatic heterocycles. The molecule has 0 spiro atoms. The van der Waals surface area contributed by atoms with E-state index in [0.717, 1.165) is 0 Å². The van der Waals surface area contributed by atoms with E-state index >= 15 is 0 Å². The molecule has 26 heavy (non-hydrogen) atoms. The van der Waals surface area contributed by atoms with Gasteiger partial charge >= 0.3 is 0 Å². The molecule has 3 aromatic rings. The number of rotatable bonds is 5. The topological polar surface area (TPSA) is 110 Å². The zero-order chi connectivity index (χ0) is 18.7. The SMILES string of the molecule is Cc1cc(NC(=O)CN(C)C(=O)Cn2ncc(=O)c3ccccc32)no1. The maximum atomic E-state index is 12.4. The van der Waals surface area contributed by atoms with Crippen molar-refractivity contribution >= 4 is 28.5 Å². The summed E-state index contributed by atoms with van der Waals surface area (Å²) >= 11 is 0. The number of aromatic nitrogens is 3. The van der Waals surface area contributed by atoms with Gasteiger partial charge in [0.2, 0.25) is 17.2 Å². The van der Waals surface area contributed by atoms with Crippen molar-refractivity contribution in [3.63, 3.8) is 0 Å². The highest BCUT2D eigenvalue weighted by molar-refractivity contribution is 5.93. The van der Waals surface area contributed by atoms with Crippen molar-refractivity contribution in [1.82, 2.24) is 19.8 Å². The van der Waals surface area contributed by atoms with Crippen LogP contribution in [0, 0.1) is 6.92 Å². The highest BCUT2D eigenvalue weighted by atomic mass is 16.5. The van der Waals surface area contributed by atoms with E-state index in [2.05, 4.69) is 15.6 Å². The lowest BCUT2D eigenvalue weighted by atomic mass is 10.2. The van der Waals surface area contributed by atoms with E-state index < -0.39 is 5.91 Å². The van der Waals surface area contributed by atoms with E-state index in [-0.39, 0.29) is 24.4 Å². The van der Waals surface area contributed by atoms with Gasteiger partial charge in [-0.3, -0.25) is 19.1 Å². The molecule has 1 N–H and O–H groups in total. The third kappa shape index (κ3) is 3.77. The number of nitrogens with zero attached hydrogens (tertiary/aromatic N) is 4. The van der Waals surface area contributed by atoms with Crippen molar-refractivity contribution in [2.75, 3.05) is 18.9 Å². The molecular weight excluding hydrogens is 338 g/mol. The molecule has 0 aliphatic rings. The molecule has 2 heterocycles. The molecule has 0 unspecified atom stereocenters. The first-order valence-electron chi connectivity index (χ1n) is 7.86. The molecule has 9 heteroatoms. The van der Waals surface area contributed by atoms with Gasteiger partial charge in [0, 0.05) is 18.5 Å². The van der Waals surface area contributed by atoms with Gasteiger partial charge in [0.25, 0.3) is 0 Å². The molecule has 0 saturated heterocycles. The summed E-state index contributed by atoms with van der Waals surface area (Å²) in [6, 6.07) is 8.49. The molecule has 2 amide bonds. The number of hydrogen-bond acceptors (Lipinski definition) is 6. The van der Waals surface area contributed by atoms with Gasteiger partial charge in [0.05, 0.1) is 18.3 Å². The Balaban J connectivity index is 1.67. The summed E-state index contributed by atoms with van der Waals surface area (Å²) in [6.45, 7) is 1.47. The Kier molecular flexibility index (Phi) is 4.78. The monoisotopic (exact) mass is 355 g/mol. The first-order chi connectivity index (χ1) is 12.4. The summed E-state index contributed by atoms with van der Waals surface area (Å²) in [6.07, 6.45) is 1.18. The van der Waals surface area contributed by atoms with Gasteiger partial charge < -0.3 is 14.7 Å². The Labute approximate surface area is 148 Å². The number of carbonyl (C=O) groups excluding carboxylic acids is 2. The molecule has 0 aliphatic heterocycles. The van der Waals surface area contributed by atoms with Crippen LogP contribution in [-0.2, 0) is 16.1 Å². The largest absolute Gasteiger partial charge is 0.360 e. The fourth-order valence-corrected chi connectivity index (χ4v) is 2.45. The van der Waals surface area contributed by atoms with E-state index in [1.54, 1.807) is 37.3 Å². The zero-order valence-corrected chi connectivity index (χ0v) is 14.3. The van der Waals surface area contributed by atoms with E-state index in [9.17, 15) is 14.4 Å². The van der Waals surface area contributed by atoms with E-state index in [1.165, 1.54) is 22.8 Å². The second-order valence-corrected chi connectivity index (χ2v) is 5.80. The minimum Gasteiger partial charge on any atom is -0.360 e. The van der Waals surface area contributed by atoms with Crippen molar-refractivity contribution in [2.45, 2.75) is 13.5 Å². The summed E-state index contributed by atoms with van der Waals surface area (Å²) < 4.78 is 6.30. The third-order valence-corrected chi connectivity index (χ3v) is 3.75. The number of carbonyl (C=O) groups is 2. The number of hydrogen-bond donors (Lipinski definition) is 1. The summed E-state index contributed by atoms with van der Waals surface area (Å²) in [5, 5.41) is 10.7. The van der Waals surface area contributed by atoms with Crippen LogP contribution in [0.2, 0.25) is 0 Å². The Morgan fingerprint density at radius 3 is 2.81 bits per heavy atom. The molecule has 0 saturated carbocycles. The molecule has 134 valence electrons. The van der Waals surface area contributed by atoms with Gasteiger partial charge in [-0.15, -0.1) is 0 Å². The van der Waals surface area contributed by atoms with Crippen LogP contribution in [0.3, 0.4) is 0 Å². The van der Waals surface area contributed by atoms with E-state index in [0.29, 0.717) is 22.5 Å². The number of fused-ring (bicyclic) bond motifs is 1. The molecule has 0 fully saturated rings. The lowest BCUT2D eigenvalue weighted by molar-refractivity contribution is -0.133. The third-order valence-electron chi connectivity index (χ3n) is 3.75. The fraction of sp³-hybridized carbons (Fsp3) is 0.235. The number of para-hydroxylation sites is 1. The summed E-state index contributed by atoms with van der Waals surface area (Å²) in [5.74, 6) is 0.145. The molecule has 0 bridgehead atoms. The van der Waals surface area contributed by atoms with Crippen LogP contribution >= 0.6 is 0 Å². The van der Waals surface area contributed by atoms with Crippen LogP contribution in [0.25, 0.3) is 10.9 Å². The summed E-state index contributed by atoms with van der Waals surface area (Å²) in [5.41, 5.74) is 0.351. The zero-order valence-electron chi connectivity index (χ0n) is 14.3. The second-order valence-electron chi connectivity index (χ2n) is 5.80. The second kappa shape index (κ2) is 7.18. The predicted molar refractivity (Wildman–Crippen MR) is 93.5 cm³/mol. The summed E-state index contributed by atoms with van der Waals surface area (Å²) in [4.78, 5) is 37.5. The van der Waals surface area contributed by atoms with E-state index in [4.69, 9.17) is 4.52 Å². The average molecular weight is 355 g/mol. The summed E-state index contributed by atoms with van der Waals surface area (Å²) in [7, 11) is 1.51. The highest BCUT2D eigenvalue weighted by Crippen LogP contribution is 2.09. The quantitative estimate of drug-likeness (QED) is 0.724. The minimum absolute atomic E-state index is 0.0896. The first-order valence-corrected chi connectivity index (χ1v) is 7.86. The molecule has 1 aromatic carbocycles. The molecule has 9 nitrogen and oxygen atoms in total. The smallest absolute Gasteiger partial charge is 0.245 e. The lowest BCUT2D eigenvalue weighted by Crippen LogP contribution is -2.37. The Morgan fingerprint density at radius 2 is 2.08 bits per heavy atom. The van der Waals surface area contributed by atoms with Crippen molar-refractivity contribution in [2.24, 2.45) is 0 Å². The standard InChI is InChI=1S/C17H17N5O4/c1-11-7-15(20-26-11)19-16(24)9-21(2)17(25)10-22-13-6-4-3-5-12(13)14(23)8-18-22/h3-8H,9-10H2,1-2H3,(H,19,20,24). The van der Waals surface area contributed by atoms with Crippen LogP contribution in [0.15, 0.2) is 45.8 Å². The molecule has 0 aliphatic carbocycles. The van der Waals surface area contributed by atoms with Crippen LogP contribution in [0.5, 0.6) is 0 Å². The number of amides is 2. The first kappa shape index (κ1) is 17.3. The Bertz CT molecular complexity index is 1020. The van der Waals surface area contributed by atoms with Crippen LogP contribution in [0.4, 0.5) is 5.82 Å². The molecular formula is C17H17N5O4. The molecule has 0 radical (unpaired) electrons. The number of likely N-dealkylation sites (N-methyl/N-ethyl adjacent to an activating group) is 1. The average Bonchev–Trinajstić information content (AvgIpc) is 3.02. The van der Waals surface area contributed by atoms with Gasteiger partial charge in [-0.05, 0) is 19.1 Å². The van der Waals surface area contributed by atoms with E-state index in [1.807, 2.05) is 0 Å². The van der Waals surface area contributed by atoms with Gasteiger partial charge in [0.15, 0.2) is 5.82 Å². The highest BCUT2D eigenvalue weighted by Gasteiger charge is 2.16. The fourth-order valence-electron chi connectivity index (χ4n) is 2.45. The maximum absolute atomic E-state index is 12.4. The number of anilines is 1. The lowest BCUT2D eigenvalue weighted by Gasteiger charge is -2.17. The van der Waals surface area contributed by atoms with Crippen molar-refractivity contribution < 1.29 is 14.1 Å². The number of aryl methyl sites for hydroxylation is 1. The minimum atomic E-state index is -0.396. The number of benzene rings is 1. The Hall–Kier alpha value is -3.49. The van der Waals surface area contributed by atoms with Crippen molar-refractivity contribution in [3.8, 4) is 0 Å². The Morgan fingerprint density at radius 1 is 1.31 bits per heavy atom. The van der Waals surface area contributed by atoms with Gasteiger partial charge in [-0.1, -0.05) is 17.3 Å². The predicted octanol–water partition coefficient (Wildman–Crippen LogP) is 0.790. The van der Waals surface area contributed by atoms with Crippen LogP contribution < -0.4 is 10.7 Å². The number of nitrogens with one attached hydrogen (secondary N) is 1. The van der Waals surface area contributed by atoms with Crippen molar-refractivity contribution in [3.05, 3.63) is 52.5 Å². The van der Waals surface area contributed by atoms with Gasteiger partial charge in [-0.25, -0.2) is 0 Å². The molecule has 3 rings (SSSR count). The van der Waals surface area contributed by atoms with Gasteiger partial charge in [-0.2, -0.15) is 5.10 Å². The van der Waals surface area contributed by atoms with Gasteiger partial charge in [0.1, 0.15) is 12.3 Å². The molecule has 0 atom stereocenters. The van der Waals surface area contributed by atoms with Crippen LogP contribution in [0.1, 0.15) is 5.76 Å². The van der Waals surface area contributed by atoms with Crippen LogP contribution in [-0.4, -0.2) is 45.2 Å². The normalized spacial score (nSPS) is 10.7.